The molecule has 0 fully saturated rings. The molecule has 8 heteroatoms. The van der Waals surface area contributed by atoms with Crippen molar-refractivity contribution in [2.45, 2.75) is 32.2 Å². The predicted molar refractivity (Wildman–Crippen MR) is 118 cm³/mol. The molecule has 0 saturated carbocycles. The SMILES string of the molecule is CCNC(=O)C(C)N(Cc1ccc(Cl)cc1)C(=O)CSCc1c(F)cccc1Cl. The van der Waals surface area contributed by atoms with Gasteiger partial charge in [-0.2, -0.15) is 0 Å². The highest BCUT2D eigenvalue weighted by Crippen LogP contribution is 2.24. The lowest BCUT2D eigenvalue weighted by Crippen LogP contribution is -2.48. The van der Waals surface area contributed by atoms with Crippen molar-refractivity contribution in [1.82, 2.24) is 10.2 Å². The molecule has 2 aromatic rings. The lowest BCUT2D eigenvalue weighted by Gasteiger charge is -2.28. The van der Waals surface area contributed by atoms with Gasteiger partial charge in [0, 0.05) is 34.5 Å². The Hall–Kier alpha value is -1.76. The Bertz CT molecular complexity index is 829. The van der Waals surface area contributed by atoms with Gasteiger partial charge in [0.25, 0.3) is 0 Å². The number of benzene rings is 2. The minimum atomic E-state index is -0.643. The topological polar surface area (TPSA) is 49.4 Å². The monoisotopic (exact) mass is 456 g/mol. The number of halogens is 3. The van der Waals surface area contributed by atoms with Crippen molar-refractivity contribution < 1.29 is 14.0 Å². The van der Waals surface area contributed by atoms with Gasteiger partial charge in [0.05, 0.1) is 5.75 Å². The molecule has 0 radical (unpaired) electrons. The van der Waals surface area contributed by atoms with E-state index in [9.17, 15) is 14.0 Å². The molecule has 156 valence electrons. The Kier molecular flexibility index (Phi) is 9.27. The minimum Gasteiger partial charge on any atom is -0.355 e. The van der Waals surface area contributed by atoms with Crippen LogP contribution in [0.1, 0.15) is 25.0 Å². The number of hydrogen-bond acceptors (Lipinski definition) is 3. The Morgan fingerprint density at radius 2 is 1.86 bits per heavy atom. The first-order chi connectivity index (χ1) is 13.8. The Morgan fingerprint density at radius 3 is 2.48 bits per heavy atom. The molecule has 2 aromatic carbocycles. The lowest BCUT2D eigenvalue weighted by molar-refractivity contribution is -0.138. The highest BCUT2D eigenvalue weighted by molar-refractivity contribution is 7.99. The number of nitrogens with zero attached hydrogens (tertiary/aromatic N) is 1. The fourth-order valence-corrected chi connectivity index (χ4v) is 4.06. The first-order valence-electron chi connectivity index (χ1n) is 9.15. The van der Waals surface area contributed by atoms with Crippen molar-refractivity contribution in [2.75, 3.05) is 12.3 Å². The largest absolute Gasteiger partial charge is 0.355 e. The summed E-state index contributed by atoms with van der Waals surface area (Å²) in [6.45, 7) is 4.27. The summed E-state index contributed by atoms with van der Waals surface area (Å²) < 4.78 is 13.9. The van der Waals surface area contributed by atoms with Gasteiger partial charge < -0.3 is 10.2 Å². The molecular formula is C21H23Cl2FN2O2S. The smallest absolute Gasteiger partial charge is 0.242 e. The van der Waals surface area contributed by atoms with E-state index in [0.717, 1.165) is 5.56 Å². The van der Waals surface area contributed by atoms with Crippen LogP contribution >= 0.6 is 35.0 Å². The lowest BCUT2D eigenvalue weighted by atomic mass is 10.1. The molecule has 0 aliphatic carbocycles. The second-order valence-electron chi connectivity index (χ2n) is 6.41. The van der Waals surface area contributed by atoms with Gasteiger partial charge in [-0.1, -0.05) is 41.4 Å². The highest BCUT2D eigenvalue weighted by Gasteiger charge is 2.25. The second kappa shape index (κ2) is 11.4. The zero-order chi connectivity index (χ0) is 21.4. The zero-order valence-corrected chi connectivity index (χ0v) is 18.6. The number of hydrogen-bond donors (Lipinski definition) is 1. The maximum atomic E-state index is 13.9. The van der Waals surface area contributed by atoms with Gasteiger partial charge in [-0.25, -0.2) is 4.39 Å². The van der Waals surface area contributed by atoms with Crippen LogP contribution in [0.2, 0.25) is 10.0 Å². The van der Waals surface area contributed by atoms with Crippen LogP contribution in [0.4, 0.5) is 4.39 Å². The fourth-order valence-electron chi connectivity index (χ4n) is 2.68. The molecule has 1 N–H and O–H groups in total. The summed E-state index contributed by atoms with van der Waals surface area (Å²) in [7, 11) is 0. The quantitative estimate of drug-likeness (QED) is 0.582. The van der Waals surface area contributed by atoms with E-state index < -0.39 is 11.9 Å². The van der Waals surface area contributed by atoms with Gasteiger partial charge in [0.1, 0.15) is 11.9 Å². The summed E-state index contributed by atoms with van der Waals surface area (Å²) in [5.41, 5.74) is 1.23. The maximum absolute atomic E-state index is 13.9. The van der Waals surface area contributed by atoms with E-state index in [1.165, 1.54) is 22.7 Å². The molecule has 1 atom stereocenters. The molecule has 0 bridgehead atoms. The summed E-state index contributed by atoms with van der Waals surface area (Å²) in [6, 6.07) is 11.0. The fraction of sp³-hybridized carbons (Fsp3) is 0.333. The Labute approximate surface area is 184 Å². The minimum absolute atomic E-state index is 0.0992. The molecule has 4 nitrogen and oxygen atoms in total. The van der Waals surface area contributed by atoms with Gasteiger partial charge in [-0.3, -0.25) is 9.59 Å². The average Bonchev–Trinajstić information content (AvgIpc) is 2.69. The van der Waals surface area contributed by atoms with E-state index in [0.29, 0.717) is 22.2 Å². The summed E-state index contributed by atoms with van der Waals surface area (Å²) in [6.07, 6.45) is 0. The number of likely N-dealkylation sites (N-methyl/N-ethyl adjacent to an activating group) is 1. The van der Waals surface area contributed by atoms with Crippen molar-refractivity contribution in [3.63, 3.8) is 0 Å². The van der Waals surface area contributed by atoms with Gasteiger partial charge in [0.2, 0.25) is 11.8 Å². The van der Waals surface area contributed by atoms with E-state index >= 15 is 0 Å². The van der Waals surface area contributed by atoms with E-state index in [1.807, 2.05) is 19.1 Å². The standard InChI is InChI=1S/C21H23Cl2FN2O2S/c1-3-25-21(28)14(2)26(11-15-7-9-16(22)10-8-15)20(27)13-29-12-17-18(23)5-4-6-19(17)24/h4-10,14H,3,11-13H2,1-2H3,(H,25,28). The molecule has 2 amide bonds. The molecule has 0 saturated heterocycles. The molecule has 0 aliphatic heterocycles. The second-order valence-corrected chi connectivity index (χ2v) is 8.24. The molecule has 0 aliphatic rings. The van der Waals surface area contributed by atoms with Crippen LogP contribution in [0.3, 0.4) is 0 Å². The normalized spacial score (nSPS) is 11.8. The average molecular weight is 457 g/mol. The zero-order valence-electron chi connectivity index (χ0n) is 16.3. The van der Waals surface area contributed by atoms with Crippen molar-refractivity contribution in [1.29, 1.82) is 0 Å². The van der Waals surface area contributed by atoms with Crippen molar-refractivity contribution in [3.8, 4) is 0 Å². The van der Waals surface area contributed by atoms with E-state index in [4.69, 9.17) is 23.2 Å². The van der Waals surface area contributed by atoms with Crippen LogP contribution in [0.15, 0.2) is 42.5 Å². The van der Waals surface area contributed by atoms with E-state index in [-0.39, 0.29) is 29.9 Å². The van der Waals surface area contributed by atoms with Gasteiger partial charge in [0.15, 0.2) is 0 Å². The molecule has 29 heavy (non-hydrogen) atoms. The van der Waals surface area contributed by atoms with Gasteiger partial charge in [-0.05, 0) is 43.7 Å². The van der Waals surface area contributed by atoms with Gasteiger partial charge >= 0.3 is 0 Å². The molecule has 0 spiro atoms. The third kappa shape index (κ3) is 6.91. The first-order valence-corrected chi connectivity index (χ1v) is 11.1. The van der Waals surface area contributed by atoms with E-state index in [2.05, 4.69) is 5.32 Å². The highest BCUT2D eigenvalue weighted by atomic mass is 35.5. The van der Waals surface area contributed by atoms with Crippen LogP contribution in [0, 0.1) is 5.82 Å². The summed E-state index contributed by atoms with van der Waals surface area (Å²) in [5, 5.41) is 3.67. The summed E-state index contributed by atoms with van der Waals surface area (Å²) in [4.78, 5) is 26.7. The number of rotatable bonds is 9. The number of thioether (sulfide) groups is 1. The molecular weight excluding hydrogens is 434 g/mol. The third-order valence-corrected chi connectivity index (χ3v) is 5.87. The first kappa shape index (κ1) is 23.5. The molecule has 2 rings (SSSR count). The number of amides is 2. The third-order valence-electron chi connectivity index (χ3n) is 4.32. The van der Waals surface area contributed by atoms with Crippen molar-refractivity contribution in [3.05, 3.63) is 69.5 Å². The number of carbonyl (C=O) groups excluding carboxylic acids is 2. The number of nitrogens with one attached hydrogen (secondary N) is 1. The summed E-state index contributed by atoms with van der Waals surface area (Å²) in [5.74, 6) is -0.469. The summed E-state index contributed by atoms with van der Waals surface area (Å²) >= 11 is 13.2. The predicted octanol–water partition coefficient (Wildman–Crippen LogP) is 4.92. The van der Waals surface area contributed by atoms with Crippen LogP contribution in [0.25, 0.3) is 0 Å². The van der Waals surface area contributed by atoms with Crippen LogP contribution in [-0.2, 0) is 21.9 Å². The maximum Gasteiger partial charge on any atom is 0.242 e. The van der Waals surface area contributed by atoms with Crippen LogP contribution in [-0.4, -0.2) is 35.1 Å². The van der Waals surface area contributed by atoms with Crippen molar-refractivity contribution >= 4 is 46.8 Å². The Balaban J connectivity index is 2.08. The molecule has 0 heterocycles. The van der Waals surface area contributed by atoms with Gasteiger partial charge in [-0.15, -0.1) is 11.8 Å². The van der Waals surface area contributed by atoms with Crippen molar-refractivity contribution in [2.24, 2.45) is 0 Å². The van der Waals surface area contributed by atoms with Crippen LogP contribution in [0.5, 0.6) is 0 Å². The molecule has 0 aromatic heterocycles. The van der Waals surface area contributed by atoms with E-state index in [1.54, 1.807) is 31.2 Å². The number of carbonyl (C=O) groups is 2. The van der Waals surface area contributed by atoms with Crippen LogP contribution < -0.4 is 5.32 Å². The Morgan fingerprint density at radius 1 is 1.17 bits per heavy atom. The molecule has 1 unspecified atom stereocenters.